The van der Waals surface area contributed by atoms with Crippen molar-refractivity contribution in [1.82, 2.24) is 19.5 Å². The number of aliphatic hydroxyl groups is 1. The maximum atomic E-state index is 13.0. The average molecular weight is 768 g/mol. The summed E-state index contributed by atoms with van der Waals surface area (Å²) >= 11 is 0. The Hall–Kier alpha value is -6.69. The van der Waals surface area contributed by atoms with Gasteiger partial charge in [0, 0.05) is 0 Å². The quantitative estimate of drug-likeness (QED) is 0.110. The fourth-order valence-electron chi connectivity index (χ4n) is 8.24. The van der Waals surface area contributed by atoms with Crippen LogP contribution in [0, 0.1) is 0 Å². The first-order valence-corrected chi connectivity index (χ1v) is 19.2. The minimum Gasteiger partial charge on any atom is -0.387 e. The van der Waals surface area contributed by atoms with E-state index in [1.807, 2.05) is 182 Å². The van der Waals surface area contributed by atoms with Crippen LogP contribution in [0.2, 0.25) is 0 Å². The van der Waals surface area contributed by atoms with Gasteiger partial charge in [0.25, 0.3) is 5.56 Å². The van der Waals surface area contributed by atoms with Crippen molar-refractivity contribution >= 4 is 17.1 Å². The third-order valence-electron chi connectivity index (χ3n) is 10.9. The first kappa shape index (κ1) is 36.9. The van der Waals surface area contributed by atoms with Crippen molar-refractivity contribution in [3.8, 4) is 0 Å². The molecule has 4 atom stereocenters. The highest BCUT2D eigenvalue weighted by atomic mass is 16.6. The number of rotatable bonds is 12. The Kier molecular flexibility index (Phi) is 9.98. The highest BCUT2D eigenvalue weighted by Crippen LogP contribution is 2.47. The van der Waals surface area contributed by atoms with Gasteiger partial charge in [0.05, 0.1) is 12.9 Å². The molecule has 2 aromatic heterocycles. The van der Waals surface area contributed by atoms with Crippen molar-refractivity contribution in [3.05, 3.63) is 232 Å². The molecule has 1 aliphatic rings. The summed E-state index contributed by atoms with van der Waals surface area (Å²) in [5, 5.41) is 12.7. The number of hydrogen-bond donors (Lipinski definition) is 3. The molecule has 4 N–H and O–H groups in total. The lowest BCUT2D eigenvalue weighted by Gasteiger charge is -2.40. The molecule has 0 unspecified atom stereocenters. The number of ether oxygens (including phenoxy) is 3. The third-order valence-corrected chi connectivity index (χ3v) is 10.9. The van der Waals surface area contributed by atoms with E-state index < -0.39 is 41.3 Å². The minimum atomic E-state index is -1.27. The topological polar surface area (TPSA) is 138 Å². The summed E-state index contributed by atoms with van der Waals surface area (Å²) in [6, 6.07) is 59.8. The molecule has 10 heteroatoms. The third kappa shape index (κ3) is 6.48. The molecule has 6 aromatic carbocycles. The Morgan fingerprint density at radius 3 is 1.45 bits per heavy atom. The number of nitrogen functional groups attached to an aromatic ring is 1. The molecule has 1 aliphatic heterocycles. The SMILES string of the molecule is Nc1nc2c(ncn2[C@@H]2O[C@H](COC(c3ccccc3)(c3ccccc3)c3ccccc3)[C@@H](O)[C@H]2OC(c2ccccc2)(c2ccccc2)c2ccccc2)c(=O)[nH]1. The lowest BCUT2D eigenvalue weighted by atomic mass is 9.79. The lowest BCUT2D eigenvalue weighted by molar-refractivity contribution is -0.122. The highest BCUT2D eigenvalue weighted by Gasteiger charge is 2.52. The molecular formula is C48H41N5O5. The highest BCUT2D eigenvalue weighted by molar-refractivity contribution is 5.70. The van der Waals surface area contributed by atoms with Crippen LogP contribution in [-0.2, 0) is 25.4 Å². The zero-order chi connectivity index (χ0) is 39.5. The Bertz CT molecular complexity index is 2450. The molecule has 1 fully saturated rings. The summed E-state index contributed by atoms with van der Waals surface area (Å²) < 4.78 is 23.2. The number of anilines is 1. The van der Waals surface area contributed by atoms with Gasteiger partial charge in [0.15, 0.2) is 17.4 Å². The number of aromatic nitrogens is 4. The van der Waals surface area contributed by atoms with E-state index in [0.29, 0.717) is 0 Å². The molecule has 0 bridgehead atoms. The molecule has 9 rings (SSSR count). The molecule has 8 aromatic rings. The maximum Gasteiger partial charge on any atom is 0.280 e. The monoisotopic (exact) mass is 767 g/mol. The molecule has 10 nitrogen and oxygen atoms in total. The van der Waals surface area contributed by atoms with Crippen LogP contribution in [0.25, 0.3) is 11.2 Å². The number of benzene rings is 6. The van der Waals surface area contributed by atoms with Crippen LogP contribution in [0.15, 0.2) is 193 Å². The number of hydrogen-bond acceptors (Lipinski definition) is 8. The number of fused-ring (bicyclic) bond motifs is 1. The number of nitrogens with zero attached hydrogens (tertiary/aromatic N) is 3. The molecule has 58 heavy (non-hydrogen) atoms. The van der Waals surface area contributed by atoms with Crippen molar-refractivity contribution < 1.29 is 19.3 Å². The van der Waals surface area contributed by atoms with Crippen LogP contribution in [0.3, 0.4) is 0 Å². The van der Waals surface area contributed by atoms with E-state index in [2.05, 4.69) is 15.0 Å². The average Bonchev–Trinajstić information content (AvgIpc) is 3.84. The van der Waals surface area contributed by atoms with Crippen LogP contribution < -0.4 is 11.3 Å². The van der Waals surface area contributed by atoms with Gasteiger partial charge in [-0.3, -0.25) is 14.3 Å². The molecule has 1 saturated heterocycles. The Morgan fingerprint density at radius 2 is 1.03 bits per heavy atom. The second-order valence-corrected chi connectivity index (χ2v) is 14.3. The predicted molar refractivity (Wildman–Crippen MR) is 222 cm³/mol. The van der Waals surface area contributed by atoms with E-state index in [1.54, 1.807) is 4.57 Å². The molecule has 0 saturated carbocycles. The van der Waals surface area contributed by atoms with E-state index in [9.17, 15) is 9.90 Å². The van der Waals surface area contributed by atoms with E-state index in [-0.39, 0.29) is 23.7 Å². The smallest absolute Gasteiger partial charge is 0.280 e. The Morgan fingerprint density at radius 1 is 0.638 bits per heavy atom. The summed E-state index contributed by atoms with van der Waals surface area (Å²) in [6.07, 6.45) is -2.86. The van der Waals surface area contributed by atoms with Crippen molar-refractivity contribution in [2.24, 2.45) is 0 Å². The van der Waals surface area contributed by atoms with Crippen LogP contribution in [0.5, 0.6) is 0 Å². The summed E-state index contributed by atoms with van der Waals surface area (Å²) in [6.45, 7) is -0.0615. The number of H-pyrrole nitrogens is 1. The maximum absolute atomic E-state index is 13.0. The molecule has 0 spiro atoms. The van der Waals surface area contributed by atoms with E-state index in [4.69, 9.17) is 19.9 Å². The van der Waals surface area contributed by atoms with Crippen molar-refractivity contribution in [2.75, 3.05) is 12.3 Å². The fourth-order valence-corrected chi connectivity index (χ4v) is 8.24. The van der Waals surface area contributed by atoms with Crippen LogP contribution in [0.4, 0.5) is 5.95 Å². The van der Waals surface area contributed by atoms with E-state index in [0.717, 1.165) is 33.4 Å². The minimum absolute atomic E-state index is 0.0615. The number of aromatic amines is 1. The normalized spacial score (nSPS) is 18.4. The van der Waals surface area contributed by atoms with Gasteiger partial charge in [-0.2, -0.15) is 4.98 Å². The lowest BCUT2D eigenvalue weighted by Crippen LogP contribution is -2.45. The van der Waals surface area contributed by atoms with Gasteiger partial charge in [-0.15, -0.1) is 0 Å². The standard InChI is InChI=1S/C48H41N5O5/c49-46-51-43-40(44(55)52-46)50-32-53(43)45-42(58-48(36-25-13-4-14-26-36,37-27-15-5-16-28-37)38-29-17-6-18-30-38)41(54)39(57-45)31-56-47(33-19-7-1-8-20-33,34-21-9-2-10-22-34)35-23-11-3-12-24-35/h1-30,32,39,41-42,45,54H,31H2,(H3,49,51,52,55)/t39-,41-,42-,45-/m1/s1. The molecule has 0 amide bonds. The summed E-state index contributed by atoms with van der Waals surface area (Å²) in [4.78, 5) is 24.5. The number of nitrogens with two attached hydrogens (primary N) is 1. The first-order chi connectivity index (χ1) is 28.5. The van der Waals surface area contributed by atoms with Gasteiger partial charge in [0.2, 0.25) is 5.95 Å². The largest absolute Gasteiger partial charge is 0.387 e. The zero-order valence-corrected chi connectivity index (χ0v) is 31.4. The number of aliphatic hydroxyl groups excluding tert-OH is 1. The van der Waals surface area contributed by atoms with Gasteiger partial charge in [0.1, 0.15) is 29.5 Å². The molecule has 0 radical (unpaired) electrons. The fraction of sp³-hybridized carbons (Fsp3) is 0.146. The van der Waals surface area contributed by atoms with Gasteiger partial charge in [-0.05, 0) is 33.4 Å². The van der Waals surface area contributed by atoms with Crippen molar-refractivity contribution in [1.29, 1.82) is 0 Å². The molecule has 3 heterocycles. The second kappa shape index (κ2) is 15.7. The first-order valence-electron chi connectivity index (χ1n) is 19.2. The molecule has 288 valence electrons. The van der Waals surface area contributed by atoms with Crippen molar-refractivity contribution in [2.45, 2.75) is 35.7 Å². The van der Waals surface area contributed by atoms with Crippen LogP contribution in [0.1, 0.15) is 39.6 Å². The van der Waals surface area contributed by atoms with Gasteiger partial charge in [-0.1, -0.05) is 182 Å². The number of imidazole rings is 1. The van der Waals surface area contributed by atoms with Crippen LogP contribution >= 0.6 is 0 Å². The van der Waals surface area contributed by atoms with Crippen LogP contribution in [-0.4, -0.2) is 49.5 Å². The second-order valence-electron chi connectivity index (χ2n) is 14.3. The van der Waals surface area contributed by atoms with E-state index >= 15 is 0 Å². The van der Waals surface area contributed by atoms with Gasteiger partial charge >= 0.3 is 0 Å². The van der Waals surface area contributed by atoms with Gasteiger partial charge in [-0.25, -0.2) is 4.98 Å². The number of nitrogens with one attached hydrogen (secondary N) is 1. The van der Waals surface area contributed by atoms with Crippen molar-refractivity contribution in [3.63, 3.8) is 0 Å². The summed E-state index contributed by atoms with van der Waals surface area (Å²) in [5.41, 5.74) is 8.73. The van der Waals surface area contributed by atoms with Gasteiger partial charge < -0.3 is 25.1 Å². The zero-order valence-electron chi connectivity index (χ0n) is 31.4. The molecule has 0 aliphatic carbocycles. The summed E-state index contributed by atoms with van der Waals surface area (Å²) in [7, 11) is 0. The molecular weight excluding hydrogens is 727 g/mol. The van der Waals surface area contributed by atoms with E-state index in [1.165, 1.54) is 6.33 Å². The Labute approximate surface area is 335 Å². The summed E-state index contributed by atoms with van der Waals surface area (Å²) in [5.74, 6) is -0.0827. The predicted octanol–water partition coefficient (Wildman–Crippen LogP) is 7.35. The Balaban J connectivity index is 1.20.